The van der Waals surface area contributed by atoms with Crippen LogP contribution in [-0.4, -0.2) is 37.4 Å². The second-order valence-electron chi connectivity index (χ2n) is 5.92. The van der Waals surface area contributed by atoms with Crippen LogP contribution in [0.4, 0.5) is 11.4 Å². The summed E-state index contributed by atoms with van der Waals surface area (Å²) in [5.41, 5.74) is 2.65. The van der Waals surface area contributed by atoms with Gasteiger partial charge in [0.15, 0.2) is 0 Å². The summed E-state index contributed by atoms with van der Waals surface area (Å²) < 4.78 is 5.30. The van der Waals surface area contributed by atoms with Crippen LogP contribution in [-0.2, 0) is 16.2 Å². The van der Waals surface area contributed by atoms with Crippen molar-refractivity contribution >= 4 is 17.6 Å². The van der Waals surface area contributed by atoms with Gasteiger partial charge in [0.05, 0.1) is 36.0 Å². The van der Waals surface area contributed by atoms with Crippen LogP contribution in [0.1, 0.15) is 16.7 Å². The fourth-order valence-corrected chi connectivity index (χ4v) is 2.72. The van der Waals surface area contributed by atoms with Crippen molar-refractivity contribution in [3.8, 4) is 6.07 Å². The Labute approximate surface area is 156 Å². The molecule has 0 aliphatic carbocycles. The van der Waals surface area contributed by atoms with Crippen molar-refractivity contribution in [1.29, 1.82) is 5.26 Å². The lowest BCUT2D eigenvalue weighted by molar-refractivity contribution is -0.384. The van der Waals surface area contributed by atoms with Crippen molar-refractivity contribution in [2.45, 2.75) is 6.61 Å². The number of oxime groups is 1. The molecule has 0 bridgehead atoms. The van der Waals surface area contributed by atoms with Crippen LogP contribution < -0.4 is 4.90 Å². The quantitative estimate of drug-likeness (QED) is 0.443. The lowest BCUT2D eigenvalue weighted by Crippen LogP contribution is -2.36. The summed E-state index contributed by atoms with van der Waals surface area (Å²) in [6.45, 7) is 2.62. The van der Waals surface area contributed by atoms with Gasteiger partial charge in [-0.1, -0.05) is 23.4 Å². The molecule has 1 heterocycles. The molecular formula is C19H18N4O4. The van der Waals surface area contributed by atoms with Crippen LogP contribution in [0.2, 0.25) is 0 Å². The van der Waals surface area contributed by atoms with Gasteiger partial charge < -0.3 is 14.5 Å². The number of rotatable bonds is 6. The maximum atomic E-state index is 11.4. The summed E-state index contributed by atoms with van der Waals surface area (Å²) in [5, 5.41) is 24.1. The number of nitro groups is 1. The molecule has 8 heteroatoms. The molecule has 1 saturated heterocycles. The lowest BCUT2D eigenvalue weighted by atomic mass is 10.1. The van der Waals surface area contributed by atoms with Crippen molar-refractivity contribution in [2.24, 2.45) is 5.16 Å². The van der Waals surface area contributed by atoms with Crippen molar-refractivity contribution < 1.29 is 14.5 Å². The van der Waals surface area contributed by atoms with E-state index in [1.54, 1.807) is 36.4 Å². The SMILES string of the molecule is N#Cc1ccc(CO/N=C/c2ccc(N3CCOCC3)c([N+](=O)[O-])c2)cc1. The first-order valence-corrected chi connectivity index (χ1v) is 8.43. The Morgan fingerprint density at radius 1 is 1.26 bits per heavy atom. The van der Waals surface area contributed by atoms with E-state index in [0.29, 0.717) is 43.1 Å². The largest absolute Gasteiger partial charge is 0.391 e. The molecule has 0 spiro atoms. The van der Waals surface area contributed by atoms with Gasteiger partial charge in [0.25, 0.3) is 5.69 Å². The molecule has 0 aromatic heterocycles. The molecule has 0 amide bonds. The Hall–Kier alpha value is -3.44. The van der Waals surface area contributed by atoms with E-state index < -0.39 is 0 Å². The standard InChI is InChI=1S/C19H18N4O4/c20-12-15-1-3-16(4-2-15)14-27-21-13-17-5-6-18(19(11-17)23(24)25)22-7-9-26-10-8-22/h1-6,11,13H,7-10,14H2/b21-13+. The first kappa shape index (κ1) is 18.4. The zero-order chi connectivity index (χ0) is 19.1. The van der Waals surface area contributed by atoms with Gasteiger partial charge in [-0.3, -0.25) is 10.1 Å². The van der Waals surface area contributed by atoms with E-state index in [0.717, 1.165) is 5.56 Å². The molecule has 8 nitrogen and oxygen atoms in total. The summed E-state index contributed by atoms with van der Waals surface area (Å²) in [7, 11) is 0. The fraction of sp³-hybridized carbons (Fsp3) is 0.263. The number of nitro benzene ring substituents is 1. The van der Waals surface area contributed by atoms with Crippen molar-refractivity contribution in [3.05, 3.63) is 69.3 Å². The Kier molecular flexibility index (Phi) is 5.97. The number of ether oxygens (including phenoxy) is 1. The monoisotopic (exact) mass is 366 g/mol. The van der Waals surface area contributed by atoms with E-state index in [1.165, 1.54) is 12.3 Å². The highest BCUT2D eigenvalue weighted by atomic mass is 16.6. The molecule has 1 fully saturated rings. The molecule has 0 unspecified atom stereocenters. The first-order chi connectivity index (χ1) is 13.2. The van der Waals surface area contributed by atoms with Crippen molar-refractivity contribution in [3.63, 3.8) is 0 Å². The van der Waals surface area contributed by atoms with Crippen LogP contribution >= 0.6 is 0 Å². The van der Waals surface area contributed by atoms with Crippen LogP contribution in [0.5, 0.6) is 0 Å². The van der Waals surface area contributed by atoms with Crippen LogP contribution in [0.15, 0.2) is 47.6 Å². The number of nitriles is 1. The highest BCUT2D eigenvalue weighted by Gasteiger charge is 2.21. The minimum atomic E-state index is -0.389. The highest BCUT2D eigenvalue weighted by molar-refractivity contribution is 5.82. The maximum Gasteiger partial charge on any atom is 0.293 e. The molecule has 2 aromatic rings. The van der Waals surface area contributed by atoms with Gasteiger partial charge >= 0.3 is 0 Å². The van der Waals surface area contributed by atoms with Gasteiger partial charge in [0.1, 0.15) is 12.3 Å². The number of morpholine rings is 1. The van der Waals surface area contributed by atoms with E-state index in [1.807, 2.05) is 11.0 Å². The molecule has 0 atom stereocenters. The van der Waals surface area contributed by atoms with E-state index in [4.69, 9.17) is 14.8 Å². The van der Waals surface area contributed by atoms with Crippen LogP contribution in [0.25, 0.3) is 0 Å². The minimum absolute atomic E-state index is 0.0351. The number of benzene rings is 2. The predicted octanol–water partition coefficient (Wildman–Crippen LogP) is 2.85. The molecule has 27 heavy (non-hydrogen) atoms. The summed E-state index contributed by atoms with van der Waals surface area (Å²) in [6.07, 6.45) is 1.44. The zero-order valence-corrected chi connectivity index (χ0v) is 14.6. The third-order valence-electron chi connectivity index (χ3n) is 4.14. The topological polar surface area (TPSA) is 101 Å². The minimum Gasteiger partial charge on any atom is -0.391 e. The van der Waals surface area contributed by atoms with Crippen molar-refractivity contribution in [2.75, 3.05) is 31.2 Å². The van der Waals surface area contributed by atoms with E-state index in [-0.39, 0.29) is 17.2 Å². The maximum absolute atomic E-state index is 11.4. The molecule has 0 radical (unpaired) electrons. The average molecular weight is 366 g/mol. The van der Waals surface area contributed by atoms with Crippen LogP contribution in [0, 0.1) is 21.4 Å². The molecule has 0 saturated carbocycles. The second-order valence-corrected chi connectivity index (χ2v) is 5.92. The number of nitrogens with zero attached hydrogens (tertiary/aromatic N) is 4. The lowest BCUT2D eigenvalue weighted by Gasteiger charge is -2.28. The predicted molar refractivity (Wildman–Crippen MR) is 99.7 cm³/mol. The fourth-order valence-electron chi connectivity index (χ4n) is 2.72. The second kappa shape index (κ2) is 8.78. The molecule has 1 aliphatic rings. The Bertz CT molecular complexity index is 868. The van der Waals surface area contributed by atoms with Gasteiger partial charge in [0, 0.05) is 24.7 Å². The molecule has 2 aromatic carbocycles. The Balaban J connectivity index is 1.65. The molecular weight excluding hydrogens is 348 g/mol. The third-order valence-corrected chi connectivity index (χ3v) is 4.14. The number of hydrogen-bond donors (Lipinski definition) is 0. The van der Waals surface area contributed by atoms with E-state index in [9.17, 15) is 10.1 Å². The molecule has 138 valence electrons. The normalized spacial score (nSPS) is 14.1. The third kappa shape index (κ3) is 4.80. The van der Waals surface area contributed by atoms with Gasteiger partial charge in [-0.25, -0.2) is 0 Å². The summed E-state index contributed by atoms with van der Waals surface area (Å²) >= 11 is 0. The zero-order valence-electron chi connectivity index (χ0n) is 14.6. The molecule has 3 rings (SSSR count). The number of hydrogen-bond acceptors (Lipinski definition) is 7. The summed E-state index contributed by atoms with van der Waals surface area (Å²) in [5.74, 6) is 0. The Morgan fingerprint density at radius 3 is 2.67 bits per heavy atom. The smallest absolute Gasteiger partial charge is 0.293 e. The molecule has 0 N–H and O–H groups in total. The van der Waals surface area contributed by atoms with Gasteiger partial charge in [-0.15, -0.1) is 0 Å². The number of anilines is 1. The highest BCUT2D eigenvalue weighted by Crippen LogP contribution is 2.29. The average Bonchev–Trinajstić information content (AvgIpc) is 2.72. The van der Waals surface area contributed by atoms with Crippen molar-refractivity contribution in [1.82, 2.24) is 0 Å². The van der Waals surface area contributed by atoms with Gasteiger partial charge in [-0.2, -0.15) is 5.26 Å². The van der Waals surface area contributed by atoms with Gasteiger partial charge in [0.2, 0.25) is 0 Å². The summed E-state index contributed by atoms with van der Waals surface area (Å²) in [6, 6.07) is 14.0. The molecule has 1 aliphatic heterocycles. The Morgan fingerprint density at radius 2 is 2.00 bits per heavy atom. The van der Waals surface area contributed by atoms with E-state index in [2.05, 4.69) is 5.16 Å². The first-order valence-electron chi connectivity index (χ1n) is 8.43. The van der Waals surface area contributed by atoms with Gasteiger partial charge in [-0.05, 0) is 23.8 Å². The summed E-state index contributed by atoms with van der Waals surface area (Å²) in [4.78, 5) is 18.2. The van der Waals surface area contributed by atoms with Crippen LogP contribution in [0.3, 0.4) is 0 Å². The van der Waals surface area contributed by atoms with E-state index >= 15 is 0 Å².